The number of hydrogen-bond donors (Lipinski definition) is 0. The summed E-state index contributed by atoms with van der Waals surface area (Å²) in [4.78, 5) is 15.6. The molecule has 0 unspecified atom stereocenters. The third kappa shape index (κ3) is 5.56. The molecule has 1 aliphatic heterocycles. The van der Waals surface area contributed by atoms with E-state index in [1.54, 1.807) is 0 Å². The Morgan fingerprint density at radius 1 is 0.375 bits per heavy atom. The fraction of sp³-hybridized carbons (Fsp3) is 0.0597. The van der Waals surface area contributed by atoms with Gasteiger partial charge in [0.2, 0.25) is 0 Å². The Morgan fingerprint density at radius 3 is 1.61 bits per heavy atom. The van der Waals surface area contributed by atoms with Crippen molar-refractivity contribution in [1.82, 2.24) is 19.5 Å². The van der Waals surface area contributed by atoms with Crippen molar-refractivity contribution >= 4 is 21.8 Å². The minimum atomic E-state index is -0.687. The fourth-order valence-corrected chi connectivity index (χ4v) is 12.7. The van der Waals surface area contributed by atoms with Crippen molar-refractivity contribution in [3.63, 3.8) is 0 Å². The van der Waals surface area contributed by atoms with Gasteiger partial charge in [0.25, 0.3) is 0 Å². The summed E-state index contributed by atoms with van der Waals surface area (Å²) in [6, 6.07) is 82.9. The molecule has 0 bridgehead atoms. The number of aromatic nitrogens is 4. The maximum Gasteiger partial charge on any atom is 0.164 e. The smallest absolute Gasteiger partial charge is 0.164 e. The molecule has 0 fully saturated rings. The van der Waals surface area contributed by atoms with Crippen LogP contribution in [0, 0.1) is 0 Å². The normalized spacial score (nSPS) is 14.0. The zero-order valence-electron chi connectivity index (χ0n) is 39.6. The first-order valence-corrected chi connectivity index (χ1v) is 24.8. The van der Waals surface area contributed by atoms with Crippen LogP contribution in [-0.2, 0) is 10.8 Å². The van der Waals surface area contributed by atoms with E-state index < -0.39 is 5.41 Å². The number of nitrogens with zero attached hydrogens (tertiary/aromatic N) is 4. The Balaban J connectivity index is 1.02. The fourth-order valence-electron chi connectivity index (χ4n) is 12.7. The number of ether oxygens (including phenoxy) is 1. The molecule has 5 heteroatoms. The van der Waals surface area contributed by atoms with Gasteiger partial charge in [0.05, 0.1) is 16.4 Å². The molecule has 2 aromatic heterocycles. The lowest BCUT2D eigenvalue weighted by atomic mass is 9.66. The summed E-state index contributed by atoms with van der Waals surface area (Å²) in [6.07, 6.45) is 0. The summed E-state index contributed by atoms with van der Waals surface area (Å²) in [5.74, 6) is 3.60. The first-order chi connectivity index (χ1) is 35.5. The molecule has 3 heterocycles. The molecule has 72 heavy (non-hydrogen) atoms. The van der Waals surface area contributed by atoms with E-state index in [1.807, 2.05) is 36.4 Å². The second kappa shape index (κ2) is 15.2. The average Bonchev–Trinajstić information content (AvgIpc) is 4.02. The van der Waals surface area contributed by atoms with E-state index in [1.165, 1.54) is 71.9 Å². The molecular weight excluding hydrogens is 877 g/mol. The highest BCUT2D eigenvalue weighted by Gasteiger charge is 2.52. The molecule has 5 nitrogen and oxygen atoms in total. The zero-order chi connectivity index (χ0) is 47.7. The predicted molar refractivity (Wildman–Crippen MR) is 291 cm³/mol. The highest BCUT2D eigenvalue weighted by Crippen LogP contribution is 2.65. The van der Waals surface area contributed by atoms with E-state index in [0.717, 1.165) is 50.6 Å². The maximum absolute atomic E-state index is 6.81. The van der Waals surface area contributed by atoms with Gasteiger partial charge >= 0.3 is 0 Å². The summed E-state index contributed by atoms with van der Waals surface area (Å²) in [6.45, 7) is 4.83. The van der Waals surface area contributed by atoms with Gasteiger partial charge in [-0.05, 0) is 86.5 Å². The minimum Gasteiger partial charge on any atom is -0.457 e. The topological polar surface area (TPSA) is 52.8 Å². The second-order valence-electron chi connectivity index (χ2n) is 19.8. The molecule has 0 atom stereocenters. The van der Waals surface area contributed by atoms with Crippen LogP contribution in [0.25, 0.3) is 95.0 Å². The molecule has 0 radical (unpaired) electrons. The Bertz CT molecular complexity index is 4110. The molecule has 0 saturated carbocycles. The molecule has 3 aliphatic rings. The number of hydrogen-bond acceptors (Lipinski definition) is 4. The van der Waals surface area contributed by atoms with Gasteiger partial charge in [0, 0.05) is 55.3 Å². The summed E-state index contributed by atoms with van der Waals surface area (Å²) in [5, 5.41) is 2.51. The minimum absolute atomic E-state index is 0.346. The Hall–Kier alpha value is -9.19. The maximum atomic E-state index is 6.81. The average molecular weight is 921 g/mol. The molecule has 12 aromatic rings. The molecule has 2 aliphatic carbocycles. The largest absolute Gasteiger partial charge is 0.457 e. The Labute approximate surface area is 417 Å². The van der Waals surface area contributed by atoms with Gasteiger partial charge in [-0.25, -0.2) is 15.0 Å². The van der Waals surface area contributed by atoms with Crippen LogP contribution in [0.1, 0.15) is 47.2 Å². The van der Waals surface area contributed by atoms with Crippen LogP contribution in [0.5, 0.6) is 11.5 Å². The van der Waals surface area contributed by atoms with Crippen molar-refractivity contribution < 1.29 is 4.74 Å². The molecule has 338 valence electrons. The van der Waals surface area contributed by atoms with E-state index >= 15 is 0 Å². The van der Waals surface area contributed by atoms with Crippen LogP contribution in [0.3, 0.4) is 0 Å². The number of fused-ring (bicyclic) bond motifs is 16. The molecular formula is C67H44N4O. The summed E-state index contributed by atoms with van der Waals surface area (Å²) in [5.41, 5.74) is 20.0. The highest BCUT2D eigenvalue weighted by molar-refractivity contribution is 6.16. The quantitative estimate of drug-likeness (QED) is 0.173. The van der Waals surface area contributed by atoms with Gasteiger partial charge in [-0.3, -0.25) is 0 Å². The third-order valence-electron chi connectivity index (χ3n) is 15.7. The van der Waals surface area contributed by atoms with Gasteiger partial charge in [-0.2, -0.15) is 0 Å². The van der Waals surface area contributed by atoms with Crippen LogP contribution in [0.2, 0.25) is 0 Å². The molecule has 0 amide bonds. The van der Waals surface area contributed by atoms with Crippen LogP contribution in [0.15, 0.2) is 231 Å². The lowest BCUT2D eigenvalue weighted by Crippen LogP contribution is -2.32. The van der Waals surface area contributed by atoms with Crippen molar-refractivity contribution in [3.8, 4) is 84.7 Å². The molecule has 15 rings (SSSR count). The summed E-state index contributed by atoms with van der Waals surface area (Å²) < 4.78 is 9.29. The second-order valence-corrected chi connectivity index (χ2v) is 19.8. The lowest BCUT2D eigenvalue weighted by molar-refractivity contribution is 0.436. The van der Waals surface area contributed by atoms with Crippen molar-refractivity contribution in [1.29, 1.82) is 0 Å². The summed E-state index contributed by atoms with van der Waals surface area (Å²) >= 11 is 0. The van der Waals surface area contributed by atoms with E-state index in [0.29, 0.717) is 17.5 Å². The van der Waals surface area contributed by atoms with Crippen molar-refractivity contribution in [3.05, 3.63) is 264 Å². The van der Waals surface area contributed by atoms with Gasteiger partial charge in [0.1, 0.15) is 11.5 Å². The van der Waals surface area contributed by atoms with Crippen molar-refractivity contribution in [2.75, 3.05) is 0 Å². The van der Waals surface area contributed by atoms with Crippen molar-refractivity contribution in [2.45, 2.75) is 24.7 Å². The van der Waals surface area contributed by atoms with Crippen LogP contribution in [-0.4, -0.2) is 19.5 Å². The summed E-state index contributed by atoms with van der Waals surface area (Å²) in [7, 11) is 0. The predicted octanol–water partition coefficient (Wildman–Crippen LogP) is 16.4. The van der Waals surface area contributed by atoms with Crippen molar-refractivity contribution in [2.24, 2.45) is 0 Å². The number of rotatable bonds is 5. The SMILES string of the molecule is CC1(C)c2ccc3c4ccccc4n(-c4ccccc4)c3c2-c2cccc(-c3cccc4c3-c3cc(-c5nc(-c6ccccc6)nc(-c6ccccc6)n5)ccc3C43c4ccccc4Oc4ccccc43)c21. The molecule has 10 aromatic carbocycles. The van der Waals surface area contributed by atoms with E-state index in [4.69, 9.17) is 19.7 Å². The Morgan fingerprint density at radius 2 is 0.917 bits per heavy atom. The molecule has 1 spiro atoms. The van der Waals surface area contributed by atoms with Crippen LogP contribution >= 0.6 is 0 Å². The van der Waals surface area contributed by atoms with E-state index in [2.05, 4.69) is 213 Å². The van der Waals surface area contributed by atoms with Gasteiger partial charge in [0.15, 0.2) is 17.5 Å². The number of para-hydroxylation sites is 4. The zero-order valence-corrected chi connectivity index (χ0v) is 39.6. The van der Waals surface area contributed by atoms with Gasteiger partial charge in [-0.15, -0.1) is 0 Å². The molecule has 0 saturated heterocycles. The monoisotopic (exact) mass is 920 g/mol. The van der Waals surface area contributed by atoms with Crippen LogP contribution < -0.4 is 4.74 Å². The molecule has 0 N–H and O–H groups in total. The standard InChI is InChI=1S/C67H44N4O/c1-66(2)54-39-37-48-45-26-12-15-33-56(45)71(44-24-10-5-11-25-44)62(48)60(54)49-29-18-28-47(61(49)66)46-27-19-32-55-59(46)50-40-43(65-69-63(41-20-6-3-7-21-41)68-64(70-65)42-22-8-4-9-23-42)36-38-51(50)67(55)52-30-13-16-34-57(52)72-58-35-17-14-31-53(58)67/h3-40H,1-2H3. The first-order valence-electron chi connectivity index (χ1n) is 24.8. The van der Waals surface area contributed by atoms with E-state index in [9.17, 15) is 0 Å². The Kier molecular flexibility index (Phi) is 8.56. The van der Waals surface area contributed by atoms with Gasteiger partial charge < -0.3 is 9.30 Å². The number of benzene rings is 10. The highest BCUT2D eigenvalue weighted by atomic mass is 16.5. The lowest BCUT2D eigenvalue weighted by Gasteiger charge is -2.39. The third-order valence-corrected chi connectivity index (χ3v) is 15.7. The first kappa shape index (κ1) is 40.7. The van der Waals surface area contributed by atoms with E-state index in [-0.39, 0.29) is 5.41 Å². The van der Waals surface area contributed by atoms with Crippen LogP contribution in [0.4, 0.5) is 0 Å². The van der Waals surface area contributed by atoms with Gasteiger partial charge in [-0.1, -0.05) is 208 Å².